The van der Waals surface area contributed by atoms with E-state index in [4.69, 9.17) is 9.47 Å². The zero-order chi connectivity index (χ0) is 15.8. The van der Waals surface area contributed by atoms with E-state index in [9.17, 15) is 0 Å². The normalized spacial score (nSPS) is 10.4. The number of nitrogens with one attached hydrogen (secondary N) is 2. The van der Waals surface area contributed by atoms with Crippen molar-refractivity contribution in [3.63, 3.8) is 0 Å². The number of ether oxygens (including phenoxy) is 2. The molecule has 0 amide bonds. The molecular formula is C18H24N2O2. The van der Waals surface area contributed by atoms with Crippen molar-refractivity contribution in [3.05, 3.63) is 48.5 Å². The van der Waals surface area contributed by atoms with Crippen molar-refractivity contribution >= 4 is 11.4 Å². The lowest BCUT2D eigenvalue weighted by atomic mass is 10.3. The second-order valence-corrected chi connectivity index (χ2v) is 5.28. The largest absolute Gasteiger partial charge is 0.497 e. The highest BCUT2D eigenvalue weighted by molar-refractivity contribution is 5.49. The topological polar surface area (TPSA) is 42.5 Å². The van der Waals surface area contributed by atoms with Crippen LogP contribution in [0.25, 0.3) is 0 Å². The lowest BCUT2D eigenvalue weighted by Crippen LogP contribution is -2.13. The first-order valence-electron chi connectivity index (χ1n) is 7.56. The van der Waals surface area contributed by atoms with Gasteiger partial charge >= 0.3 is 0 Å². The van der Waals surface area contributed by atoms with Crippen LogP contribution in [0.2, 0.25) is 0 Å². The maximum absolute atomic E-state index is 5.68. The molecule has 0 radical (unpaired) electrons. The summed E-state index contributed by atoms with van der Waals surface area (Å²) in [4.78, 5) is 0. The van der Waals surface area contributed by atoms with Crippen LogP contribution >= 0.6 is 0 Å². The van der Waals surface area contributed by atoms with Gasteiger partial charge in [0.1, 0.15) is 11.5 Å². The van der Waals surface area contributed by atoms with Gasteiger partial charge in [-0.05, 0) is 50.2 Å². The molecule has 2 N–H and O–H groups in total. The number of methoxy groups -OCH3 is 1. The van der Waals surface area contributed by atoms with Crippen LogP contribution in [0, 0.1) is 0 Å². The van der Waals surface area contributed by atoms with Gasteiger partial charge in [-0.1, -0.05) is 6.07 Å². The lowest BCUT2D eigenvalue weighted by molar-refractivity contribution is 0.242. The van der Waals surface area contributed by atoms with Crippen LogP contribution in [0.15, 0.2) is 48.5 Å². The van der Waals surface area contributed by atoms with Gasteiger partial charge in [-0.15, -0.1) is 0 Å². The summed E-state index contributed by atoms with van der Waals surface area (Å²) >= 11 is 0. The number of benzene rings is 2. The smallest absolute Gasteiger partial charge is 0.121 e. The molecule has 0 atom stereocenters. The molecule has 0 fully saturated rings. The van der Waals surface area contributed by atoms with Crippen molar-refractivity contribution < 1.29 is 9.47 Å². The Bertz CT molecular complexity index is 568. The monoisotopic (exact) mass is 300 g/mol. The Balaban J connectivity index is 1.76. The SMILES string of the molecule is COc1ccc(NCCNc2cccc(OC(C)C)c2)cc1. The molecule has 0 unspecified atom stereocenters. The minimum Gasteiger partial charge on any atom is -0.497 e. The summed E-state index contributed by atoms with van der Waals surface area (Å²) in [5.41, 5.74) is 2.15. The Morgan fingerprint density at radius 1 is 0.864 bits per heavy atom. The average Bonchev–Trinajstić information content (AvgIpc) is 2.52. The highest BCUT2D eigenvalue weighted by Crippen LogP contribution is 2.18. The van der Waals surface area contributed by atoms with Crippen molar-refractivity contribution in [3.8, 4) is 11.5 Å². The Hall–Kier alpha value is -2.36. The summed E-state index contributed by atoms with van der Waals surface area (Å²) in [6.45, 7) is 5.72. The van der Waals surface area contributed by atoms with Gasteiger partial charge in [-0.2, -0.15) is 0 Å². The fraction of sp³-hybridized carbons (Fsp3) is 0.333. The third-order valence-electron chi connectivity index (χ3n) is 3.08. The molecule has 4 heteroatoms. The van der Waals surface area contributed by atoms with Gasteiger partial charge in [0.25, 0.3) is 0 Å². The van der Waals surface area contributed by atoms with E-state index >= 15 is 0 Å². The maximum Gasteiger partial charge on any atom is 0.121 e. The molecule has 22 heavy (non-hydrogen) atoms. The van der Waals surface area contributed by atoms with E-state index in [1.54, 1.807) is 7.11 Å². The van der Waals surface area contributed by atoms with Gasteiger partial charge in [0.2, 0.25) is 0 Å². The summed E-state index contributed by atoms with van der Waals surface area (Å²) in [6.07, 6.45) is 0.187. The summed E-state index contributed by atoms with van der Waals surface area (Å²) in [7, 11) is 1.67. The molecular weight excluding hydrogens is 276 g/mol. The van der Waals surface area contributed by atoms with Gasteiger partial charge in [0.05, 0.1) is 13.2 Å². The van der Waals surface area contributed by atoms with E-state index in [1.807, 2.05) is 62.4 Å². The first kappa shape index (κ1) is 16.0. The van der Waals surface area contributed by atoms with Crippen LogP contribution < -0.4 is 20.1 Å². The van der Waals surface area contributed by atoms with Gasteiger partial charge in [0, 0.05) is 30.5 Å². The lowest BCUT2D eigenvalue weighted by Gasteiger charge is -2.12. The molecule has 0 aliphatic heterocycles. The van der Waals surface area contributed by atoms with Gasteiger partial charge < -0.3 is 20.1 Å². The number of hydrogen-bond acceptors (Lipinski definition) is 4. The standard InChI is InChI=1S/C18H24N2O2/c1-14(2)22-18-6-4-5-16(13-18)20-12-11-19-15-7-9-17(21-3)10-8-15/h4-10,13-14,19-20H,11-12H2,1-3H3. The molecule has 0 saturated carbocycles. The molecule has 0 aliphatic carbocycles. The molecule has 0 aliphatic rings. The third kappa shape index (κ3) is 5.20. The fourth-order valence-electron chi connectivity index (χ4n) is 2.07. The van der Waals surface area contributed by atoms with Gasteiger partial charge in [-0.3, -0.25) is 0 Å². The van der Waals surface area contributed by atoms with Crippen LogP contribution in [0.3, 0.4) is 0 Å². The van der Waals surface area contributed by atoms with E-state index < -0.39 is 0 Å². The Morgan fingerprint density at radius 3 is 2.18 bits per heavy atom. The number of anilines is 2. The van der Waals surface area contributed by atoms with Crippen molar-refractivity contribution in [2.45, 2.75) is 20.0 Å². The second kappa shape index (κ2) is 8.17. The highest BCUT2D eigenvalue weighted by atomic mass is 16.5. The number of rotatable bonds is 8. The molecule has 2 aromatic rings. The van der Waals surface area contributed by atoms with E-state index in [0.717, 1.165) is 36.0 Å². The molecule has 0 spiro atoms. The van der Waals surface area contributed by atoms with E-state index in [0.29, 0.717) is 0 Å². The van der Waals surface area contributed by atoms with Crippen LogP contribution in [-0.2, 0) is 0 Å². The fourth-order valence-corrected chi connectivity index (χ4v) is 2.07. The van der Waals surface area contributed by atoms with Gasteiger partial charge in [-0.25, -0.2) is 0 Å². The van der Waals surface area contributed by atoms with Crippen molar-refractivity contribution in [2.24, 2.45) is 0 Å². The zero-order valence-electron chi connectivity index (χ0n) is 13.4. The molecule has 0 heterocycles. The summed E-state index contributed by atoms with van der Waals surface area (Å²) in [5.74, 6) is 1.76. The molecule has 4 nitrogen and oxygen atoms in total. The Kier molecular flexibility index (Phi) is 5.95. The van der Waals surface area contributed by atoms with Crippen LogP contribution in [0.1, 0.15) is 13.8 Å². The average molecular weight is 300 g/mol. The zero-order valence-corrected chi connectivity index (χ0v) is 13.4. The van der Waals surface area contributed by atoms with E-state index in [2.05, 4.69) is 10.6 Å². The molecule has 0 aromatic heterocycles. The highest BCUT2D eigenvalue weighted by Gasteiger charge is 1.99. The first-order valence-corrected chi connectivity index (χ1v) is 7.56. The molecule has 0 bridgehead atoms. The predicted octanol–water partition coefficient (Wildman–Crippen LogP) is 4.01. The predicted molar refractivity (Wildman–Crippen MR) is 92.2 cm³/mol. The molecule has 2 rings (SSSR count). The minimum absolute atomic E-state index is 0.187. The first-order chi connectivity index (χ1) is 10.7. The minimum atomic E-state index is 0.187. The Labute approximate surface area is 132 Å². The third-order valence-corrected chi connectivity index (χ3v) is 3.08. The second-order valence-electron chi connectivity index (χ2n) is 5.28. The van der Waals surface area contributed by atoms with Crippen molar-refractivity contribution in [2.75, 3.05) is 30.8 Å². The molecule has 2 aromatic carbocycles. The van der Waals surface area contributed by atoms with Crippen molar-refractivity contribution in [1.29, 1.82) is 0 Å². The van der Waals surface area contributed by atoms with E-state index in [1.165, 1.54) is 0 Å². The quantitative estimate of drug-likeness (QED) is 0.723. The molecule has 0 saturated heterocycles. The van der Waals surface area contributed by atoms with Crippen LogP contribution in [-0.4, -0.2) is 26.3 Å². The van der Waals surface area contributed by atoms with Gasteiger partial charge in [0.15, 0.2) is 0 Å². The van der Waals surface area contributed by atoms with Crippen LogP contribution in [0.5, 0.6) is 11.5 Å². The van der Waals surface area contributed by atoms with Crippen LogP contribution in [0.4, 0.5) is 11.4 Å². The van der Waals surface area contributed by atoms with E-state index in [-0.39, 0.29) is 6.10 Å². The number of hydrogen-bond donors (Lipinski definition) is 2. The summed E-state index contributed by atoms with van der Waals surface area (Å²) in [6, 6.07) is 15.9. The van der Waals surface area contributed by atoms with Crippen molar-refractivity contribution in [1.82, 2.24) is 0 Å². The maximum atomic E-state index is 5.68. The summed E-state index contributed by atoms with van der Waals surface area (Å²) < 4.78 is 10.8. The molecule has 118 valence electrons. The Morgan fingerprint density at radius 2 is 1.55 bits per heavy atom. The summed E-state index contributed by atoms with van der Waals surface area (Å²) in [5, 5.41) is 6.75.